The minimum Gasteiger partial charge on any atom is -0.469 e. The van der Waals surface area contributed by atoms with Crippen molar-refractivity contribution in [3.05, 3.63) is 34.9 Å². The van der Waals surface area contributed by atoms with E-state index in [1.807, 2.05) is 6.07 Å². The molecule has 0 amide bonds. The topological polar surface area (TPSA) is 52.3 Å². The van der Waals surface area contributed by atoms with Crippen LogP contribution in [0.25, 0.3) is 0 Å². The van der Waals surface area contributed by atoms with E-state index < -0.39 is 5.41 Å². The normalized spacial score (nSPS) is 17.9. The molecule has 2 rings (SSSR count). The molecule has 0 bridgehead atoms. The lowest BCUT2D eigenvalue weighted by Gasteiger charge is -2.31. The summed E-state index contributed by atoms with van der Waals surface area (Å²) in [5, 5.41) is 0. The second kappa shape index (κ2) is 5.33. The van der Waals surface area contributed by atoms with E-state index >= 15 is 0 Å². The third-order valence-electron chi connectivity index (χ3n) is 4.45. The molecular weight excluding hydrogens is 238 g/mol. The Balaban J connectivity index is 2.38. The van der Waals surface area contributed by atoms with Gasteiger partial charge in [0.2, 0.25) is 0 Å². The second-order valence-corrected chi connectivity index (χ2v) is 5.67. The molecule has 1 aromatic rings. The highest BCUT2D eigenvalue weighted by Crippen LogP contribution is 2.48. The van der Waals surface area contributed by atoms with Gasteiger partial charge in [-0.25, -0.2) is 0 Å². The van der Waals surface area contributed by atoms with E-state index in [4.69, 9.17) is 10.5 Å². The first-order valence-corrected chi connectivity index (χ1v) is 6.88. The van der Waals surface area contributed by atoms with Gasteiger partial charge in [-0.15, -0.1) is 0 Å². The maximum atomic E-state index is 12.3. The molecule has 0 aromatic heterocycles. The van der Waals surface area contributed by atoms with Crippen LogP contribution in [0.2, 0.25) is 0 Å². The molecule has 0 radical (unpaired) electrons. The highest BCUT2D eigenvalue weighted by atomic mass is 16.5. The van der Waals surface area contributed by atoms with Gasteiger partial charge in [-0.1, -0.05) is 18.2 Å². The molecule has 1 aliphatic rings. The minimum atomic E-state index is -0.536. The summed E-state index contributed by atoms with van der Waals surface area (Å²) in [6, 6.07) is 6.23. The van der Waals surface area contributed by atoms with Crippen molar-refractivity contribution in [1.29, 1.82) is 0 Å². The maximum absolute atomic E-state index is 12.3. The Labute approximate surface area is 115 Å². The van der Waals surface area contributed by atoms with Crippen LogP contribution in [0.5, 0.6) is 0 Å². The Morgan fingerprint density at radius 2 is 1.95 bits per heavy atom. The molecule has 1 unspecified atom stereocenters. The average molecular weight is 261 g/mol. The molecule has 1 fully saturated rings. The van der Waals surface area contributed by atoms with E-state index in [1.165, 1.54) is 23.8 Å². The van der Waals surface area contributed by atoms with Crippen molar-refractivity contribution in [2.24, 2.45) is 17.1 Å². The van der Waals surface area contributed by atoms with Gasteiger partial charge < -0.3 is 10.5 Å². The number of carbonyl (C=O) groups excluding carboxylic acids is 1. The van der Waals surface area contributed by atoms with E-state index in [2.05, 4.69) is 26.0 Å². The third-order valence-corrected chi connectivity index (χ3v) is 4.45. The number of ether oxygens (including phenoxy) is 1. The molecule has 1 saturated carbocycles. The van der Waals surface area contributed by atoms with Crippen LogP contribution < -0.4 is 5.73 Å². The molecule has 0 heterocycles. The standard InChI is InChI=1S/C16H23NO2/c1-11-5-4-6-12(2)14(11)9-16(10-17,13-7-8-13)15(18)19-3/h4-6,13H,7-10,17H2,1-3H3. The molecule has 0 saturated heterocycles. The summed E-state index contributed by atoms with van der Waals surface area (Å²) in [7, 11) is 1.46. The van der Waals surface area contributed by atoms with E-state index in [0.29, 0.717) is 18.9 Å². The Morgan fingerprint density at radius 1 is 1.37 bits per heavy atom. The maximum Gasteiger partial charge on any atom is 0.313 e. The zero-order valence-electron chi connectivity index (χ0n) is 12.0. The molecule has 1 aromatic carbocycles. The van der Waals surface area contributed by atoms with E-state index in [0.717, 1.165) is 12.8 Å². The Bertz CT molecular complexity index is 459. The van der Waals surface area contributed by atoms with Crippen molar-refractivity contribution in [1.82, 2.24) is 0 Å². The van der Waals surface area contributed by atoms with Gasteiger partial charge >= 0.3 is 5.97 Å². The smallest absolute Gasteiger partial charge is 0.313 e. The first-order valence-electron chi connectivity index (χ1n) is 6.88. The quantitative estimate of drug-likeness (QED) is 0.828. The number of rotatable bonds is 5. The van der Waals surface area contributed by atoms with Crippen LogP contribution in [0.1, 0.15) is 29.5 Å². The van der Waals surface area contributed by atoms with Crippen LogP contribution in [0.4, 0.5) is 0 Å². The van der Waals surface area contributed by atoms with Gasteiger partial charge in [0.25, 0.3) is 0 Å². The number of benzene rings is 1. The molecular formula is C16H23NO2. The van der Waals surface area contributed by atoms with Crippen LogP contribution >= 0.6 is 0 Å². The summed E-state index contributed by atoms with van der Waals surface area (Å²) in [4.78, 5) is 12.3. The van der Waals surface area contributed by atoms with Crippen molar-refractivity contribution in [3.8, 4) is 0 Å². The molecule has 19 heavy (non-hydrogen) atoms. The molecule has 2 N–H and O–H groups in total. The molecule has 1 aliphatic carbocycles. The van der Waals surface area contributed by atoms with Gasteiger partial charge in [0, 0.05) is 6.54 Å². The summed E-state index contributed by atoms with van der Waals surface area (Å²) in [5.41, 5.74) is 9.13. The highest BCUT2D eigenvalue weighted by molar-refractivity contribution is 5.78. The largest absolute Gasteiger partial charge is 0.469 e. The SMILES string of the molecule is COC(=O)C(CN)(Cc1c(C)cccc1C)C1CC1. The number of esters is 1. The van der Waals surface area contributed by atoms with Crippen molar-refractivity contribution in [2.45, 2.75) is 33.1 Å². The van der Waals surface area contributed by atoms with Gasteiger partial charge in [0.15, 0.2) is 0 Å². The lowest BCUT2D eigenvalue weighted by molar-refractivity contribution is -0.153. The van der Waals surface area contributed by atoms with Crippen LogP contribution in [0.3, 0.4) is 0 Å². The average Bonchev–Trinajstić information content (AvgIpc) is 3.23. The fourth-order valence-electron chi connectivity index (χ4n) is 2.99. The monoisotopic (exact) mass is 261 g/mol. The Hall–Kier alpha value is -1.35. The summed E-state index contributed by atoms with van der Waals surface area (Å²) >= 11 is 0. The van der Waals surface area contributed by atoms with Gasteiger partial charge in [-0.05, 0) is 55.7 Å². The Kier molecular flexibility index (Phi) is 3.95. The fourth-order valence-corrected chi connectivity index (χ4v) is 2.99. The lowest BCUT2D eigenvalue weighted by Crippen LogP contribution is -2.43. The summed E-state index contributed by atoms with van der Waals surface area (Å²) in [6.45, 7) is 4.54. The molecule has 1 atom stereocenters. The zero-order chi connectivity index (χ0) is 14.0. The van der Waals surface area contributed by atoms with E-state index in [1.54, 1.807) is 0 Å². The Morgan fingerprint density at radius 3 is 2.37 bits per heavy atom. The lowest BCUT2D eigenvalue weighted by atomic mass is 9.75. The number of methoxy groups -OCH3 is 1. The zero-order valence-corrected chi connectivity index (χ0v) is 12.0. The van der Waals surface area contributed by atoms with Crippen LogP contribution in [0.15, 0.2) is 18.2 Å². The van der Waals surface area contributed by atoms with Crippen LogP contribution in [-0.2, 0) is 16.0 Å². The van der Waals surface area contributed by atoms with Gasteiger partial charge in [0.1, 0.15) is 0 Å². The predicted octanol–water partition coefficient (Wildman–Crippen LogP) is 2.37. The van der Waals surface area contributed by atoms with Crippen molar-refractivity contribution in [3.63, 3.8) is 0 Å². The molecule has 0 spiro atoms. The number of carbonyl (C=O) groups is 1. The van der Waals surface area contributed by atoms with Crippen molar-refractivity contribution < 1.29 is 9.53 Å². The van der Waals surface area contributed by atoms with E-state index in [9.17, 15) is 4.79 Å². The number of hydrogen-bond acceptors (Lipinski definition) is 3. The number of aryl methyl sites for hydroxylation is 2. The second-order valence-electron chi connectivity index (χ2n) is 5.67. The fraction of sp³-hybridized carbons (Fsp3) is 0.562. The molecule has 3 nitrogen and oxygen atoms in total. The molecule has 0 aliphatic heterocycles. The van der Waals surface area contributed by atoms with Gasteiger partial charge in [0.05, 0.1) is 12.5 Å². The number of nitrogens with two attached hydrogens (primary N) is 1. The third kappa shape index (κ3) is 2.52. The minimum absolute atomic E-state index is 0.153. The first kappa shape index (κ1) is 14.1. The summed E-state index contributed by atoms with van der Waals surface area (Å²) in [5.74, 6) is 0.226. The first-order chi connectivity index (χ1) is 9.05. The summed E-state index contributed by atoms with van der Waals surface area (Å²) in [6.07, 6.45) is 2.85. The van der Waals surface area contributed by atoms with Crippen molar-refractivity contribution in [2.75, 3.05) is 13.7 Å². The molecule has 3 heteroatoms. The van der Waals surface area contributed by atoms with Crippen LogP contribution in [-0.4, -0.2) is 19.6 Å². The molecule has 104 valence electrons. The summed E-state index contributed by atoms with van der Waals surface area (Å²) < 4.78 is 5.04. The number of hydrogen-bond donors (Lipinski definition) is 1. The van der Waals surface area contributed by atoms with E-state index in [-0.39, 0.29) is 5.97 Å². The van der Waals surface area contributed by atoms with Gasteiger partial charge in [-0.2, -0.15) is 0 Å². The van der Waals surface area contributed by atoms with Crippen LogP contribution in [0, 0.1) is 25.2 Å². The predicted molar refractivity (Wildman–Crippen MR) is 75.8 cm³/mol. The van der Waals surface area contributed by atoms with Crippen molar-refractivity contribution >= 4 is 5.97 Å². The highest BCUT2D eigenvalue weighted by Gasteiger charge is 2.51. The van der Waals surface area contributed by atoms with Gasteiger partial charge in [-0.3, -0.25) is 4.79 Å².